The number of carbonyl (C=O) groups is 5. The Labute approximate surface area is 171 Å². The maximum Gasteiger partial charge on any atom is 0.333 e. The molecule has 8 heteroatoms. The molecule has 0 aliphatic carbocycles. The highest BCUT2D eigenvalue weighted by atomic mass is 16.5. The Kier molecular flexibility index (Phi) is 4.49. The van der Waals surface area contributed by atoms with Crippen molar-refractivity contribution in [1.82, 2.24) is 9.80 Å². The minimum absolute atomic E-state index is 0.0399. The molecule has 2 aliphatic rings. The molecule has 2 aromatic rings. The molecule has 0 fully saturated rings. The molecule has 4 amide bonds. The lowest BCUT2D eigenvalue weighted by molar-refractivity contribution is -0.139. The summed E-state index contributed by atoms with van der Waals surface area (Å²) in [6.07, 6.45) is 0.271. The highest BCUT2D eigenvalue weighted by molar-refractivity contribution is 6.33. The van der Waals surface area contributed by atoms with Crippen LogP contribution in [0.2, 0.25) is 0 Å². The lowest BCUT2D eigenvalue weighted by Crippen LogP contribution is -2.42. The first-order valence-corrected chi connectivity index (χ1v) is 9.35. The van der Waals surface area contributed by atoms with E-state index in [1.165, 1.54) is 38.2 Å². The summed E-state index contributed by atoms with van der Waals surface area (Å²) >= 11 is 0. The van der Waals surface area contributed by atoms with Crippen LogP contribution in [0.5, 0.6) is 0 Å². The molecule has 0 N–H and O–H groups in total. The van der Waals surface area contributed by atoms with Crippen LogP contribution in [-0.2, 0) is 9.53 Å². The smallest absolute Gasteiger partial charge is 0.333 e. The molecular formula is C22H18N2O6. The Morgan fingerprint density at radius 3 is 1.73 bits per heavy atom. The standard InChI is InChI=1S/C22H18N2O6/c1-11(2)22(29)30-10-4-9-24-20(27)14-7-5-12-16-13(19(26)23(3)18(12)25)6-8-15(17(14)16)21(24)28/h5-8H,1,4,9-10H2,2-3H3. The Balaban J connectivity index is 1.69. The number of carbonyl (C=O) groups excluding carboxylic acids is 5. The van der Waals surface area contributed by atoms with Crippen LogP contribution in [0.15, 0.2) is 36.4 Å². The van der Waals surface area contributed by atoms with Gasteiger partial charge in [0.05, 0.1) is 6.61 Å². The second-order valence-electron chi connectivity index (χ2n) is 7.27. The fourth-order valence-electron chi connectivity index (χ4n) is 3.76. The van der Waals surface area contributed by atoms with Crippen LogP contribution in [0.1, 0.15) is 54.8 Å². The van der Waals surface area contributed by atoms with Crippen molar-refractivity contribution in [3.8, 4) is 0 Å². The molecule has 4 rings (SSSR count). The molecule has 0 spiro atoms. The van der Waals surface area contributed by atoms with Gasteiger partial charge >= 0.3 is 5.97 Å². The van der Waals surface area contributed by atoms with Crippen molar-refractivity contribution in [3.05, 3.63) is 58.7 Å². The summed E-state index contributed by atoms with van der Waals surface area (Å²) < 4.78 is 5.01. The van der Waals surface area contributed by atoms with E-state index in [-0.39, 0.29) is 47.4 Å². The highest BCUT2D eigenvalue weighted by Gasteiger charge is 2.38. The molecule has 0 aromatic heterocycles. The maximum atomic E-state index is 13.0. The van der Waals surface area contributed by atoms with Crippen molar-refractivity contribution in [2.75, 3.05) is 20.2 Å². The topological polar surface area (TPSA) is 101 Å². The van der Waals surface area contributed by atoms with E-state index in [0.717, 1.165) is 9.80 Å². The third-order valence-corrected chi connectivity index (χ3v) is 5.29. The Hall–Kier alpha value is -3.81. The van der Waals surface area contributed by atoms with Crippen LogP contribution >= 0.6 is 0 Å². The van der Waals surface area contributed by atoms with Gasteiger partial charge in [0, 0.05) is 52.2 Å². The largest absolute Gasteiger partial charge is 0.462 e. The molecule has 0 saturated carbocycles. The molecule has 0 radical (unpaired) electrons. The van der Waals surface area contributed by atoms with Gasteiger partial charge in [-0.15, -0.1) is 0 Å². The van der Waals surface area contributed by atoms with Crippen molar-refractivity contribution in [2.45, 2.75) is 13.3 Å². The number of amides is 4. The van der Waals surface area contributed by atoms with Crippen LogP contribution in [0, 0.1) is 0 Å². The molecule has 0 unspecified atom stereocenters. The van der Waals surface area contributed by atoms with Gasteiger partial charge in [0.15, 0.2) is 0 Å². The monoisotopic (exact) mass is 406 g/mol. The zero-order chi connectivity index (χ0) is 21.7. The Morgan fingerprint density at radius 1 is 0.867 bits per heavy atom. The van der Waals surface area contributed by atoms with E-state index in [1.807, 2.05) is 0 Å². The molecule has 2 heterocycles. The lowest BCUT2D eigenvalue weighted by Gasteiger charge is -2.30. The van der Waals surface area contributed by atoms with Gasteiger partial charge in [0.2, 0.25) is 0 Å². The summed E-state index contributed by atoms with van der Waals surface area (Å²) in [5.41, 5.74) is 1.36. The second kappa shape index (κ2) is 6.91. The van der Waals surface area contributed by atoms with Gasteiger partial charge in [-0.3, -0.25) is 29.0 Å². The maximum absolute atomic E-state index is 13.0. The van der Waals surface area contributed by atoms with Gasteiger partial charge in [-0.2, -0.15) is 0 Å². The van der Waals surface area contributed by atoms with E-state index in [2.05, 4.69) is 6.58 Å². The lowest BCUT2D eigenvalue weighted by atomic mass is 9.86. The first-order chi connectivity index (χ1) is 14.2. The molecule has 2 aromatic carbocycles. The van der Waals surface area contributed by atoms with Crippen molar-refractivity contribution in [1.29, 1.82) is 0 Å². The molecule has 8 nitrogen and oxygen atoms in total. The first kappa shape index (κ1) is 19.5. The average molecular weight is 406 g/mol. The zero-order valence-corrected chi connectivity index (χ0v) is 16.5. The minimum Gasteiger partial charge on any atom is -0.462 e. The number of ether oxygens (including phenoxy) is 1. The van der Waals surface area contributed by atoms with Gasteiger partial charge in [0.1, 0.15) is 0 Å². The Morgan fingerprint density at radius 2 is 1.30 bits per heavy atom. The molecule has 0 bridgehead atoms. The second-order valence-corrected chi connectivity index (χ2v) is 7.27. The predicted molar refractivity (Wildman–Crippen MR) is 106 cm³/mol. The van der Waals surface area contributed by atoms with E-state index >= 15 is 0 Å². The van der Waals surface area contributed by atoms with Crippen molar-refractivity contribution < 1.29 is 28.7 Å². The summed E-state index contributed by atoms with van der Waals surface area (Å²) in [6.45, 7) is 5.12. The summed E-state index contributed by atoms with van der Waals surface area (Å²) in [7, 11) is 1.39. The molecular weight excluding hydrogens is 388 g/mol. The third kappa shape index (κ3) is 2.72. The van der Waals surface area contributed by atoms with Crippen molar-refractivity contribution in [3.63, 3.8) is 0 Å². The van der Waals surface area contributed by atoms with E-state index < -0.39 is 29.6 Å². The summed E-state index contributed by atoms with van der Waals surface area (Å²) in [6, 6.07) is 6.04. The van der Waals surface area contributed by atoms with Crippen LogP contribution in [-0.4, -0.2) is 59.6 Å². The Bertz CT molecular complexity index is 1130. The number of hydrogen-bond acceptors (Lipinski definition) is 6. The van der Waals surface area contributed by atoms with E-state index in [9.17, 15) is 24.0 Å². The normalized spacial score (nSPS) is 15.1. The van der Waals surface area contributed by atoms with Crippen LogP contribution in [0.4, 0.5) is 0 Å². The fourth-order valence-corrected chi connectivity index (χ4v) is 3.76. The van der Waals surface area contributed by atoms with Crippen LogP contribution < -0.4 is 0 Å². The molecule has 152 valence electrons. The summed E-state index contributed by atoms with van der Waals surface area (Å²) in [5, 5.41) is 0.676. The summed E-state index contributed by atoms with van der Waals surface area (Å²) in [5.74, 6) is -2.51. The molecule has 2 aliphatic heterocycles. The van der Waals surface area contributed by atoms with Gasteiger partial charge in [-0.1, -0.05) is 6.58 Å². The van der Waals surface area contributed by atoms with Crippen molar-refractivity contribution >= 4 is 40.4 Å². The van der Waals surface area contributed by atoms with Crippen molar-refractivity contribution in [2.24, 2.45) is 0 Å². The number of imide groups is 2. The molecule has 0 saturated heterocycles. The van der Waals surface area contributed by atoms with Crippen LogP contribution in [0.3, 0.4) is 0 Å². The van der Waals surface area contributed by atoms with E-state index in [4.69, 9.17) is 4.74 Å². The number of esters is 1. The van der Waals surface area contributed by atoms with Crippen LogP contribution in [0.25, 0.3) is 10.8 Å². The zero-order valence-electron chi connectivity index (χ0n) is 16.5. The van der Waals surface area contributed by atoms with Gasteiger partial charge in [-0.05, 0) is 37.6 Å². The van der Waals surface area contributed by atoms with E-state index in [1.54, 1.807) is 0 Å². The predicted octanol–water partition coefficient (Wildman–Crippen LogP) is 2.17. The number of benzene rings is 2. The minimum atomic E-state index is -0.532. The third-order valence-electron chi connectivity index (χ3n) is 5.29. The molecule has 0 atom stereocenters. The number of rotatable bonds is 5. The quantitative estimate of drug-likeness (QED) is 0.326. The van der Waals surface area contributed by atoms with E-state index in [0.29, 0.717) is 10.8 Å². The molecule has 30 heavy (non-hydrogen) atoms. The van der Waals surface area contributed by atoms with Gasteiger partial charge in [0.25, 0.3) is 23.6 Å². The SMILES string of the molecule is C=C(C)C(=O)OCCCN1C(=O)c2ccc3c4c(ccc(c24)C1=O)C(=O)N(C)C3=O. The van der Waals surface area contributed by atoms with Gasteiger partial charge < -0.3 is 4.74 Å². The number of nitrogens with zero attached hydrogens (tertiary/aromatic N) is 2. The van der Waals surface area contributed by atoms with Gasteiger partial charge in [-0.25, -0.2) is 4.79 Å². The average Bonchev–Trinajstić information content (AvgIpc) is 2.73. The fraction of sp³-hybridized carbons (Fsp3) is 0.227. The highest BCUT2D eigenvalue weighted by Crippen LogP contribution is 2.37. The summed E-state index contributed by atoms with van der Waals surface area (Å²) in [4.78, 5) is 64.6. The number of hydrogen-bond donors (Lipinski definition) is 0. The first-order valence-electron chi connectivity index (χ1n) is 9.35.